The summed E-state index contributed by atoms with van der Waals surface area (Å²) in [5, 5.41) is 76.5. The SMILES string of the molecule is CC[C@H]1OC(=O)[C@H](C)[C@@H](O[C@H]2C[C@@](C)(OC)[C@@H](OC(=O)NCCOCCCc3ccc4c(c3)c(=O)c(C(=O)O)cn4N(C)C)[C@H](C)O2)[C@H](C)[C@@H](O[C@@H]2O[C@H](C)C[C@H](N(C)C)[C@H]2O)[C@](C)(O)C[C@@H](C)C(=NOCC#N)[C@H](C)[C@@H](O)[C@]1(C)O. The molecule has 3 aliphatic heterocycles. The number of carboxylic acid groups (broad SMARTS) is 1. The standard InChI is InChI=1S/C57H90N6O18/c1-16-42-57(10,72)48(66)33(4)44(60-75-24-21-58)31(2)28-55(8,71)49(80-53-46(65)41(61(11)12)26-32(3)76-53)34(5)47(35(6)52(69)78-42)79-43-29-56(9,73-15)50(36(7)77-43)81-54(70)59-22-25-74-23-17-18-37-19-20-40-38(27-37)45(64)39(51(67)68)30-63(40)62(13)14/h19-20,27,30-36,41-43,46-50,53,65-66,71-72H,16-18,22-26,28-29H2,1-15H3,(H,59,70)(H,67,68)/t31-,32-,33+,34+,35-,36+,41+,42-,43+,46-,47+,48-,49-,50+,53+,55-,56-,57-/m1/s1. The van der Waals surface area contributed by atoms with Gasteiger partial charge in [-0.05, 0) is 105 Å². The highest BCUT2D eigenvalue weighted by Gasteiger charge is 2.54. The van der Waals surface area contributed by atoms with Crippen LogP contribution in [0.4, 0.5) is 4.79 Å². The molecule has 0 aliphatic carbocycles. The lowest BCUT2D eigenvalue weighted by atomic mass is 9.73. The fourth-order valence-corrected chi connectivity index (χ4v) is 11.8. The van der Waals surface area contributed by atoms with Gasteiger partial charge in [0.2, 0.25) is 12.0 Å². The lowest BCUT2D eigenvalue weighted by molar-refractivity contribution is -0.317. The molecule has 24 nitrogen and oxygen atoms in total. The first-order chi connectivity index (χ1) is 37.9. The van der Waals surface area contributed by atoms with E-state index in [0.717, 1.165) is 5.56 Å². The Morgan fingerprint density at radius 3 is 2.27 bits per heavy atom. The Morgan fingerprint density at radius 1 is 0.963 bits per heavy atom. The van der Waals surface area contributed by atoms with Crippen LogP contribution < -0.4 is 15.8 Å². The number of rotatable bonds is 19. The minimum absolute atomic E-state index is 0.0338. The number of carbonyl (C=O) groups excluding carboxylic acids is 2. The summed E-state index contributed by atoms with van der Waals surface area (Å²) >= 11 is 0. The number of likely N-dealkylation sites (N-methyl/N-ethyl adjacent to an activating group) is 1. The number of aromatic nitrogens is 1. The number of esters is 1. The average Bonchev–Trinajstić information content (AvgIpc) is 3.40. The fourth-order valence-electron chi connectivity index (χ4n) is 11.8. The van der Waals surface area contributed by atoms with Gasteiger partial charge in [-0.3, -0.25) is 14.3 Å². The Kier molecular flexibility index (Phi) is 23.5. The first-order valence-electron chi connectivity index (χ1n) is 28.0. The molecule has 3 aliphatic rings. The number of aryl methyl sites for hydroxylation is 1. The number of nitrogens with zero attached hydrogens (tertiary/aromatic N) is 5. The quantitative estimate of drug-likeness (QED) is 0.0663. The van der Waals surface area contributed by atoms with E-state index in [4.69, 9.17) is 42.7 Å². The Bertz CT molecular complexity index is 2570. The fraction of sp³-hybridized carbons (Fsp3) is 0.754. The van der Waals surface area contributed by atoms with Crippen molar-refractivity contribution < 1.29 is 82.6 Å². The predicted octanol–water partition coefficient (Wildman–Crippen LogP) is 3.71. The number of carboxylic acids is 1. The molecule has 5 rings (SSSR count). The van der Waals surface area contributed by atoms with E-state index in [1.54, 1.807) is 84.4 Å². The molecular formula is C57H90N6O18. The number of benzene rings is 1. The summed E-state index contributed by atoms with van der Waals surface area (Å²) in [5.41, 5.74) is -4.44. The second kappa shape index (κ2) is 28.5. The molecule has 3 fully saturated rings. The number of pyridine rings is 1. The molecule has 1 aromatic carbocycles. The number of hydrogen-bond donors (Lipinski definition) is 6. The van der Waals surface area contributed by atoms with Gasteiger partial charge >= 0.3 is 18.0 Å². The summed E-state index contributed by atoms with van der Waals surface area (Å²) < 4.78 is 51.9. The molecule has 0 radical (unpaired) electrons. The number of hydrogen-bond acceptors (Lipinski definition) is 21. The molecule has 18 atom stereocenters. The number of nitriles is 1. The van der Waals surface area contributed by atoms with Crippen LogP contribution in [-0.2, 0) is 53.9 Å². The van der Waals surface area contributed by atoms with Crippen LogP contribution >= 0.6 is 0 Å². The molecule has 3 saturated heterocycles. The van der Waals surface area contributed by atoms with Gasteiger partial charge in [-0.25, -0.2) is 9.59 Å². The maximum Gasteiger partial charge on any atom is 0.407 e. The average molecular weight is 1150 g/mol. The topological polar surface area (TPSA) is 312 Å². The molecule has 81 heavy (non-hydrogen) atoms. The summed E-state index contributed by atoms with van der Waals surface area (Å²) in [6, 6.07) is 6.84. The van der Waals surface area contributed by atoms with Crippen molar-refractivity contribution in [1.82, 2.24) is 14.9 Å². The molecule has 0 saturated carbocycles. The number of aliphatic hydroxyl groups excluding tert-OH is 2. The van der Waals surface area contributed by atoms with Gasteiger partial charge < -0.3 is 83.5 Å². The number of cyclic esters (lactones) is 1. The zero-order valence-corrected chi connectivity index (χ0v) is 49.8. The van der Waals surface area contributed by atoms with Crippen LogP contribution in [0.2, 0.25) is 0 Å². The van der Waals surface area contributed by atoms with Gasteiger partial charge in [-0.15, -0.1) is 0 Å². The molecule has 1 amide bonds. The van der Waals surface area contributed by atoms with Crippen molar-refractivity contribution >= 4 is 34.6 Å². The number of nitrogens with one attached hydrogen (secondary N) is 1. The molecule has 0 unspecified atom stereocenters. The third kappa shape index (κ3) is 16.0. The minimum Gasteiger partial charge on any atom is -0.477 e. The number of methoxy groups -OCH3 is 1. The number of carbonyl (C=O) groups is 3. The molecular weight excluding hydrogens is 1060 g/mol. The summed E-state index contributed by atoms with van der Waals surface area (Å²) in [6.07, 6.45) is -9.08. The molecule has 2 aromatic rings. The number of aromatic carboxylic acids is 1. The van der Waals surface area contributed by atoms with Crippen molar-refractivity contribution in [3.8, 4) is 6.07 Å². The van der Waals surface area contributed by atoms with Crippen LogP contribution in [-0.4, -0.2) is 205 Å². The van der Waals surface area contributed by atoms with Crippen LogP contribution in [0.3, 0.4) is 0 Å². The second-order valence-electron chi connectivity index (χ2n) is 23.3. The maximum atomic E-state index is 14.6. The van der Waals surface area contributed by atoms with Crippen LogP contribution in [0, 0.1) is 35.0 Å². The van der Waals surface area contributed by atoms with Gasteiger partial charge in [0.05, 0.1) is 59.9 Å². The summed E-state index contributed by atoms with van der Waals surface area (Å²) in [4.78, 5) is 60.1. The summed E-state index contributed by atoms with van der Waals surface area (Å²) in [7, 11) is 8.62. The number of oxime groups is 1. The first-order valence-corrected chi connectivity index (χ1v) is 28.0. The molecule has 6 N–H and O–H groups in total. The Hall–Kier alpha value is -5.04. The van der Waals surface area contributed by atoms with Gasteiger partial charge in [0, 0.05) is 76.2 Å². The van der Waals surface area contributed by atoms with Crippen molar-refractivity contribution in [2.75, 3.05) is 66.7 Å². The molecule has 456 valence electrons. The van der Waals surface area contributed by atoms with Crippen LogP contribution in [0.25, 0.3) is 10.9 Å². The Balaban J connectivity index is 1.35. The largest absolute Gasteiger partial charge is 0.477 e. The number of aliphatic hydroxyl groups is 4. The van der Waals surface area contributed by atoms with Gasteiger partial charge in [0.25, 0.3) is 0 Å². The van der Waals surface area contributed by atoms with Gasteiger partial charge in [0.15, 0.2) is 18.7 Å². The van der Waals surface area contributed by atoms with E-state index in [0.29, 0.717) is 36.8 Å². The predicted molar refractivity (Wildman–Crippen MR) is 297 cm³/mol. The maximum absolute atomic E-state index is 14.6. The monoisotopic (exact) mass is 1150 g/mol. The minimum atomic E-state index is -2.05. The van der Waals surface area contributed by atoms with Gasteiger partial charge in [-0.2, -0.15) is 5.26 Å². The Labute approximate surface area is 475 Å². The summed E-state index contributed by atoms with van der Waals surface area (Å²) in [5.74, 6) is -5.92. The molecule has 24 heteroatoms. The highest BCUT2D eigenvalue weighted by atomic mass is 16.7. The Morgan fingerprint density at radius 2 is 1.65 bits per heavy atom. The van der Waals surface area contributed by atoms with Crippen molar-refractivity contribution in [3.05, 3.63) is 45.7 Å². The van der Waals surface area contributed by atoms with E-state index >= 15 is 0 Å². The molecule has 0 spiro atoms. The highest BCUT2D eigenvalue weighted by Crippen LogP contribution is 2.42. The normalized spacial score (nSPS) is 35.9. The lowest BCUT2D eigenvalue weighted by Crippen LogP contribution is -2.61. The van der Waals surface area contributed by atoms with E-state index in [9.17, 15) is 50.0 Å². The number of amides is 1. The van der Waals surface area contributed by atoms with Crippen LogP contribution in [0.15, 0.2) is 34.3 Å². The van der Waals surface area contributed by atoms with E-state index in [1.807, 2.05) is 38.1 Å². The first kappa shape index (κ1) is 66.8. The van der Waals surface area contributed by atoms with Crippen molar-refractivity contribution in [2.24, 2.45) is 28.8 Å². The molecule has 1 aromatic heterocycles. The van der Waals surface area contributed by atoms with Crippen molar-refractivity contribution in [1.29, 1.82) is 5.26 Å². The number of fused-ring (bicyclic) bond motifs is 1. The van der Waals surface area contributed by atoms with E-state index in [1.165, 1.54) is 27.2 Å². The zero-order chi connectivity index (χ0) is 60.5. The summed E-state index contributed by atoms with van der Waals surface area (Å²) in [6.45, 7) is 16.7. The zero-order valence-electron chi connectivity index (χ0n) is 49.8. The molecule has 4 heterocycles. The highest BCUT2D eigenvalue weighted by molar-refractivity contribution is 5.93. The van der Waals surface area contributed by atoms with Crippen LogP contribution in [0.5, 0.6) is 0 Å². The third-order valence-electron chi connectivity index (χ3n) is 16.3. The van der Waals surface area contributed by atoms with Crippen LogP contribution in [0.1, 0.15) is 117 Å². The third-order valence-corrected chi connectivity index (χ3v) is 16.3. The van der Waals surface area contributed by atoms with E-state index < -0.39 is 132 Å². The molecule has 0 bridgehead atoms. The second-order valence-corrected chi connectivity index (χ2v) is 23.3. The van der Waals surface area contributed by atoms with Crippen molar-refractivity contribution in [3.63, 3.8) is 0 Å². The number of ether oxygens (including phenoxy) is 8. The van der Waals surface area contributed by atoms with E-state index in [2.05, 4.69) is 10.5 Å². The van der Waals surface area contributed by atoms with E-state index in [-0.39, 0.29) is 49.8 Å². The van der Waals surface area contributed by atoms with Gasteiger partial charge in [0.1, 0.15) is 35.0 Å². The lowest BCUT2D eigenvalue weighted by Gasteiger charge is -2.49. The van der Waals surface area contributed by atoms with Gasteiger partial charge in [-0.1, -0.05) is 38.9 Å². The van der Waals surface area contributed by atoms with Crippen molar-refractivity contribution in [2.45, 2.75) is 192 Å². The smallest absolute Gasteiger partial charge is 0.407 e. The number of alkyl carbamates (subject to hydrolysis) is 1.